The molecule has 0 saturated heterocycles. The average Bonchev–Trinajstić information content (AvgIpc) is 2.52. The largest absolute Gasteiger partial charge is 0.464 e. The molecule has 0 aliphatic rings. The summed E-state index contributed by atoms with van der Waals surface area (Å²) < 4.78 is 5.18. The fourth-order valence-electron chi connectivity index (χ4n) is 2.52. The van der Waals surface area contributed by atoms with E-state index in [0.717, 1.165) is 19.4 Å². The second-order valence-corrected chi connectivity index (χ2v) is 5.89. The molecule has 1 N–H and O–H groups in total. The molecule has 22 heavy (non-hydrogen) atoms. The van der Waals surface area contributed by atoms with Crippen LogP contribution >= 0.6 is 0 Å². The van der Waals surface area contributed by atoms with Gasteiger partial charge in [-0.3, -0.25) is 4.79 Å². The number of carbonyl (C=O) groups excluding carboxylic acids is 1. The van der Waals surface area contributed by atoms with E-state index in [0.29, 0.717) is 6.61 Å². The summed E-state index contributed by atoms with van der Waals surface area (Å²) in [5, 5.41) is 3.54. The zero-order chi connectivity index (χ0) is 16.0. The summed E-state index contributed by atoms with van der Waals surface area (Å²) in [5.41, 5.74) is 1.34. The third-order valence-corrected chi connectivity index (χ3v) is 3.83. The van der Waals surface area contributed by atoms with Gasteiger partial charge in [-0.1, -0.05) is 69.4 Å². The first-order valence-electron chi connectivity index (χ1n) is 8.63. The number of ether oxygens (including phenoxy) is 1. The van der Waals surface area contributed by atoms with Crippen molar-refractivity contribution in [2.24, 2.45) is 0 Å². The van der Waals surface area contributed by atoms with Crippen molar-refractivity contribution < 1.29 is 9.53 Å². The van der Waals surface area contributed by atoms with Crippen molar-refractivity contribution in [2.45, 2.75) is 64.8 Å². The van der Waals surface area contributed by atoms with Crippen LogP contribution in [0.2, 0.25) is 0 Å². The number of hydrogen-bond donors (Lipinski definition) is 1. The molecule has 0 unspecified atom stereocenters. The van der Waals surface area contributed by atoms with Crippen molar-refractivity contribution in [1.82, 2.24) is 5.32 Å². The lowest BCUT2D eigenvalue weighted by molar-refractivity contribution is -0.141. The normalized spacial score (nSPS) is 12.1. The smallest absolute Gasteiger partial charge is 0.302 e. The Morgan fingerprint density at radius 3 is 2.55 bits per heavy atom. The molecule has 124 valence electrons. The first-order chi connectivity index (χ1) is 10.7. The zero-order valence-corrected chi connectivity index (χ0v) is 14.1. The van der Waals surface area contributed by atoms with Crippen molar-refractivity contribution in [2.75, 3.05) is 13.2 Å². The molecule has 3 heteroatoms. The first kappa shape index (κ1) is 18.7. The van der Waals surface area contributed by atoms with Gasteiger partial charge in [0, 0.05) is 13.0 Å². The molecule has 0 radical (unpaired) electrons. The second kappa shape index (κ2) is 12.2. The summed E-state index contributed by atoms with van der Waals surface area (Å²) in [7, 11) is 0. The molecule has 1 atom stereocenters. The maximum Gasteiger partial charge on any atom is 0.302 e. The highest BCUT2D eigenvalue weighted by molar-refractivity contribution is 5.65. The Labute approximate surface area is 135 Å². The molecule has 0 fully saturated rings. The minimum absolute atomic E-state index is 0.194. The van der Waals surface area contributed by atoms with Crippen LogP contribution in [-0.4, -0.2) is 25.2 Å². The maximum absolute atomic E-state index is 11.0. The summed E-state index contributed by atoms with van der Waals surface area (Å²) in [5.74, 6) is -0.194. The molecule has 0 heterocycles. The molecule has 0 amide bonds. The van der Waals surface area contributed by atoms with Crippen molar-refractivity contribution in [1.29, 1.82) is 0 Å². The van der Waals surface area contributed by atoms with Crippen LogP contribution in [0.1, 0.15) is 57.9 Å². The van der Waals surface area contributed by atoms with Crippen molar-refractivity contribution in [3.8, 4) is 0 Å². The number of hydrogen-bond acceptors (Lipinski definition) is 3. The lowest BCUT2D eigenvalue weighted by Crippen LogP contribution is -2.35. The number of rotatable bonds is 12. The third kappa shape index (κ3) is 9.56. The van der Waals surface area contributed by atoms with Gasteiger partial charge in [0.05, 0.1) is 0 Å². The molecule has 1 aromatic carbocycles. The lowest BCUT2D eigenvalue weighted by atomic mass is 10.1. The standard InChI is InChI=1S/C19H31NO2/c1-3-4-5-6-10-13-19(16-22-17(2)21)20-15-14-18-11-8-7-9-12-18/h7-9,11-12,19-20H,3-6,10,13-16H2,1-2H3/t19-/m1/s1. The van der Waals surface area contributed by atoms with E-state index >= 15 is 0 Å². The predicted octanol–water partition coefficient (Wildman–Crippen LogP) is 4.11. The SMILES string of the molecule is CCCCCCC[C@H](COC(C)=O)NCCc1ccccc1. The molecular weight excluding hydrogens is 274 g/mol. The van der Waals surface area contributed by atoms with E-state index in [1.54, 1.807) is 0 Å². The molecule has 0 aliphatic carbocycles. The minimum Gasteiger partial charge on any atom is -0.464 e. The molecule has 0 spiro atoms. The Bertz CT molecular complexity index is 392. The van der Waals surface area contributed by atoms with Gasteiger partial charge < -0.3 is 10.1 Å². The average molecular weight is 305 g/mol. The fraction of sp³-hybridized carbons (Fsp3) is 0.632. The van der Waals surface area contributed by atoms with E-state index in [1.165, 1.54) is 44.6 Å². The van der Waals surface area contributed by atoms with E-state index in [2.05, 4.69) is 36.5 Å². The van der Waals surface area contributed by atoms with Gasteiger partial charge in [-0.2, -0.15) is 0 Å². The van der Waals surface area contributed by atoms with Crippen LogP contribution in [0.15, 0.2) is 30.3 Å². The molecule has 1 rings (SSSR count). The summed E-state index contributed by atoms with van der Waals surface area (Å²) in [4.78, 5) is 11.0. The minimum atomic E-state index is -0.194. The molecular formula is C19H31NO2. The summed E-state index contributed by atoms with van der Waals surface area (Å²) in [6.07, 6.45) is 8.44. The van der Waals surface area contributed by atoms with Gasteiger partial charge in [0.1, 0.15) is 6.61 Å². The molecule has 3 nitrogen and oxygen atoms in total. The second-order valence-electron chi connectivity index (χ2n) is 5.89. The molecule has 0 aromatic heterocycles. The zero-order valence-electron chi connectivity index (χ0n) is 14.1. The van der Waals surface area contributed by atoms with Crippen LogP contribution < -0.4 is 5.32 Å². The molecule has 1 aromatic rings. The van der Waals surface area contributed by atoms with E-state index in [-0.39, 0.29) is 12.0 Å². The summed E-state index contributed by atoms with van der Waals surface area (Å²) in [6, 6.07) is 10.7. The number of unbranched alkanes of at least 4 members (excludes halogenated alkanes) is 4. The molecule has 0 bridgehead atoms. The van der Waals surface area contributed by atoms with Crippen LogP contribution in [-0.2, 0) is 16.0 Å². The third-order valence-electron chi connectivity index (χ3n) is 3.83. The van der Waals surface area contributed by atoms with Gasteiger partial charge >= 0.3 is 5.97 Å². The molecule has 0 aliphatic heterocycles. The van der Waals surface area contributed by atoms with Crippen molar-refractivity contribution in [3.05, 3.63) is 35.9 Å². The van der Waals surface area contributed by atoms with E-state index < -0.39 is 0 Å². The van der Waals surface area contributed by atoms with Crippen LogP contribution in [0, 0.1) is 0 Å². The number of nitrogens with one attached hydrogen (secondary N) is 1. The van der Waals surface area contributed by atoms with Gasteiger partial charge in [-0.15, -0.1) is 0 Å². The van der Waals surface area contributed by atoms with E-state index in [4.69, 9.17) is 4.74 Å². The van der Waals surface area contributed by atoms with Gasteiger partial charge in [-0.05, 0) is 24.9 Å². The van der Waals surface area contributed by atoms with Crippen LogP contribution in [0.3, 0.4) is 0 Å². The molecule has 0 saturated carbocycles. The monoisotopic (exact) mass is 305 g/mol. The van der Waals surface area contributed by atoms with E-state index in [1.807, 2.05) is 6.07 Å². The van der Waals surface area contributed by atoms with Crippen LogP contribution in [0.25, 0.3) is 0 Å². The summed E-state index contributed by atoms with van der Waals surface area (Å²) >= 11 is 0. The Morgan fingerprint density at radius 1 is 1.14 bits per heavy atom. The predicted molar refractivity (Wildman–Crippen MR) is 91.9 cm³/mol. The fourth-order valence-corrected chi connectivity index (χ4v) is 2.52. The highest BCUT2D eigenvalue weighted by atomic mass is 16.5. The Balaban J connectivity index is 2.25. The maximum atomic E-state index is 11.0. The summed E-state index contributed by atoms with van der Waals surface area (Å²) in [6.45, 7) is 5.11. The van der Waals surface area contributed by atoms with Crippen molar-refractivity contribution >= 4 is 5.97 Å². The topological polar surface area (TPSA) is 38.3 Å². The van der Waals surface area contributed by atoms with E-state index in [9.17, 15) is 4.79 Å². The number of esters is 1. The Morgan fingerprint density at radius 2 is 1.86 bits per heavy atom. The highest BCUT2D eigenvalue weighted by Gasteiger charge is 2.09. The quantitative estimate of drug-likeness (QED) is 0.466. The Kier molecular flexibility index (Phi) is 10.4. The van der Waals surface area contributed by atoms with Crippen molar-refractivity contribution in [3.63, 3.8) is 0 Å². The highest BCUT2D eigenvalue weighted by Crippen LogP contribution is 2.08. The van der Waals surface area contributed by atoms with Gasteiger partial charge in [-0.25, -0.2) is 0 Å². The Hall–Kier alpha value is -1.35. The van der Waals surface area contributed by atoms with Crippen LogP contribution in [0.5, 0.6) is 0 Å². The van der Waals surface area contributed by atoms with Crippen LogP contribution in [0.4, 0.5) is 0 Å². The van der Waals surface area contributed by atoms with Gasteiger partial charge in [0.2, 0.25) is 0 Å². The van der Waals surface area contributed by atoms with Gasteiger partial charge in [0.15, 0.2) is 0 Å². The lowest BCUT2D eigenvalue weighted by Gasteiger charge is -2.18. The number of benzene rings is 1. The van der Waals surface area contributed by atoms with Gasteiger partial charge in [0.25, 0.3) is 0 Å². The number of carbonyl (C=O) groups is 1. The first-order valence-corrected chi connectivity index (χ1v) is 8.63.